The summed E-state index contributed by atoms with van der Waals surface area (Å²) < 4.78 is 6.78. The molecule has 0 radical (unpaired) electrons. The van der Waals surface area contributed by atoms with Crippen molar-refractivity contribution in [2.45, 2.75) is 12.1 Å². The fraction of sp³-hybridized carbons (Fsp3) is 0.133. The topological polar surface area (TPSA) is 106 Å². The summed E-state index contributed by atoms with van der Waals surface area (Å²) in [5.41, 5.74) is 1.40. The van der Waals surface area contributed by atoms with Crippen molar-refractivity contribution in [3.8, 4) is 11.4 Å². The number of nitrogens with zero attached hydrogens (tertiary/aromatic N) is 5. The molecule has 0 aromatic carbocycles. The van der Waals surface area contributed by atoms with Gasteiger partial charge in [0.1, 0.15) is 5.76 Å². The highest BCUT2D eigenvalue weighted by molar-refractivity contribution is 7.99. The minimum Gasteiger partial charge on any atom is -0.481 e. The van der Waals surface area contributed by atoms with Crippen molar-refractivity contribution in [1.82, 2.24) is 19.9 Å². The summed E-state index contributed by atoms with van der Waals surface area (Å²) in [6, 6.07) is 7.23. The Hall–Kier alpha value is -2.94. The average molecular weight is 343 g/mol. The van der Waals surface area contributed by atoms with Crippen LogP contribution in [0.5, 0.6) is 0 Å². The van der Waals surface area contributed by atoms with Crippen LogP contribution >= 0.6 is 11.8 Å². The molecule has 0 fully saturated rings. The number of furan rings is 1. The molecule has 3 aromatic heterocycles. The first-order valence-electron chi connectivity index (χ1n) is 6.95. The van der Waals surface area contributed by atoms with Crippen molar-refractivity contribution >= 4 is 23.9 Å². The monoisotopic (exact) mass is 343 g/mol. The van der Waals surface area contributed by atoms with Gasteiger partial charge in [-0.3, -0.25) is 9.78 Å². The molecular weight excluding hydrogens is 330 g/mol. The molecule has 0 atom stereocenters. The van der Waals surface area contributed by atoms with Gasteiger partial charge in [-0.25, -0.2) is 0 Å². The van der Waals surface area contributed by atoms with Gasteiger partial charge in [0.2, 0.25) is 5.16 Å². The normalized spacial score (nSPS) is 11.2. The third-order valence-corrected chi connectivity index (χ3v) is 3.93. The Morgan fingerprint density at radius 2 is 2.29 bits per heavy atom. The molecule has 0 saturated heterocycles. The Labute approximate surface area is 141 Å². The van der Waals surface area contributed by atoms with E-state index in [0.717, 1.165) is 17.3 Å². The van der Waals surface area contributed by atoms with Gasteiger partial charge in [-0.2, -0.15) is 9.78 Å². The first-order valence-corrected chi connectivity index (χ1v) is 7.93. The number of carboxylic acids is 1. The van der Waals surface area contributed by atoms with Crippen molar-refractivity contribution in [2.75, 3.05) is 5.75 Å². The van der Waals surface area contributed by atoms with Crippen LogP contribution in [-0.4, -0.2) is 42.9 Å². The van der Waals surface area contributed by atoms with E-state index < -0.39 is 5.97 Å². The largest absolute Gasteiger partial charge is 0.481 e. The van der Waals surface area contributed by atoms with Crippen molar-refractivity contribution in [3.05, 3.63) is 48.2 Å². The molecule has 0 bridgehead atoms. The van der Waals surface area contributed by atoms with Crippen LogP contribution in [0, 0.1) is 6.92 Å². The molecule has 0 spiro atoms. The zero-order valence-corrected chi connectivity index (χ0v) is 13.5. The van der Waals surface area contributed by atoms with Crippen LogP contribution in [0.15, 0.2) is 51.4 Å². The number of carboxylic acid groups (broad SMARTS) is 1. The molecule has 24 heavy (non-hydrogen) atoms. The molecule has 0 amide bonds. The van der Waals surface area contributed by atoms with E-state index in [2.05, 4.69) is 20.3 Å². The van der Waals surface area contributed by atoms with E-state index in [9.17, 15) is 4.79 Å². The summed E-state index contributed by atoms with van der Waals surface area (Å²) in [4.78, 5) is 15.0. The van der Waals surface area contributed by atoms with Gasteiger partial charge in [-0.15, -0.1) is 10.2 Å². The lowest BCUT2D eigenvalue weighted by Gasteiger charge is -2.02. The zero-order valence-electron chi connectivity index (χ0n) is 12.7. The summed E-state index contributed by atoms with van der Waals surface area (Å²) in [6.07, 6.45) is 4.78. The first kappa shape index (κ1) is 15.9. The van der Waals surface area contributed by atoms with Crippen LogP contribution < -0.4 is 0 Å². The number of thioether (sulfide) groups is 1. The number of aryl methyl sites for hydroxylation is 1. The fourth-order valence-electron chi connectivity index (χ4n) is 1.94. The molecule has 9 heteroatoms. The molecule has 0 unspecified atom stereocenters. The Morgan fingerprint density at radius 3 is 2.96 bits per heavy atom. The quantitative estimate of drug-likeness (QED) is 0.540. The maximum atomic E-state index is 10.8. The zero-order chi connectivity index (χ0) is 16.9. The second-order valence-corrected chi connectivity index (χ2v) is 5.63. The number of hydrogen-bond acceptors (Lipinski definition) is 7. The van der Waals surface area contributed by atoms with E-state index in [-0.39, 0.29) is 5.75 Å². The van der Waals surface area contributed by atoms with E-state index in [1.807, 2.05) is 12.1 Å². The third-order valence-electron chi connectivity index (χ3n) is 3.03. The summed E-state index contributed by atoms with van der Waals surface area (Å²) in [7, 11) is 0. The Morgan fingerprint density at radius 1 is 1.42 bits per heavy atom. The predicted octanol–water partition coefficient (Wildman–Crippen LogP) is 2.30. The highest BCUT2D eigenvalue weighted by Gasteiger charge is 2.18. The minimum absolute atomic E-state index is 0.137. The molecule has 0 aliphatic carbocycles. The van der Waals surface area contributed by atoms with Crippen LogP contribution in [0.3, 0.4) is 0 Å². The molecule has 0 aliphatic heterocycles. The summed E-state index contributed by atoms with van der Waals surface area (Å²) in [6.45, 7) is 1.81. The molecule has 1 N–H and O–H groups in total. The molecule has 8 nitrogen and oxygen atoms in total. The predicted molar refractivity (Wildman–Crippen MR) is 88.0 cm³/mol. The van der Waals surface area contributed by atoms with Crippen LogP contribution in [0.4, 0.5) is 0 Å². The van der Waals surface area contributed by atoms with Crippen LogP contribution in [0.1, 0.15) is 11.5 Å². The third kappa shape index (κ3) is 3.51. The average Bonchev–Trinajstić information content (AvgIpc) is 3.17. The number of aromatic nitrogens is 4. The highest BCUT2D eigenvalue weighted by Crippen LogP contribution is 2.26. The lowest BCUT2D eigenvalue weighted by molar-refractivity contribution is -0.133. The van der Waals surface area contributed by atoms with Crippen molar-refractivity contribution in [3.63, 3.8) is 0 Å². The molecule has 3 aromatic rings. The fourth-order valence-corrected chi connectivity index (χ4v) is 2.55. The lowest BCUT2D eigenvalue weighted by Crippen LogP contribution is -2.02. The smallest absolute Gasteiger partial charge is 0.313 e. The Bertz CT molecular complexity index is 872. The van der Waals surface area contributed by atoms with E-state index >= 15 is 0 Å². The van der Waals surface area contributed by atoms with Crippen molar-refractivity contribution in [2.24, 2.45) is 5.10 Å². The van der Waals surface area contributed by atoms with E-state index in [1.165, 1.54) is 4.68 Å². The van der Waals surface area contributed by atoms with Gasteiger partial charge in [0.25, 0.3) is 0 Å². The molecular formula is C15H13N5O3S. The maximum Gasteiger partial charge on any atom is 0.313 e. The number of pyridine rings is 1. The van der Waals surface area contributed by atoms with Gasteiger partial charge >= 0.3 is 5.97 Å². The number of aliphatic carboxylic acids is 1. The molecule has 3 heterocycles. The Balaban J connectivity index is 1.99. The SMILES string of the molecule is Cc1occc1-c1nnc(SCC(=O)O)n1/N=C\c1ccccn1. The second kappa shape index (κ2) is 7.09. The molecule has 0 saturated carbocycles. The van der Waals surface area contributed by atoms with E-state index in [4.69, 9.17) is 9.52 Å². The summed E-state index contributed by atoms with van der Waals surface area (Å²) >= 11 is 1.04. The minimum atomic E-state index is -0.940. The van der Waals surface area contributed by atoms with Crippen molar-refractivity contribution < 1.29 is 14.3 Å². The molecule has 3 rings (SSSR count). The van der Waals surface area contributed by atoms with Crippen LogP contribution in [0.2, 0.25) is 0 Å². The lowest BCUT2D eigenvalue weighted by atomic mass is 10.2. The molecule has 122 valence electrons. The second-order valence-electron chi connectivity index (χ2n) is 4.69. The standard InChI is InChI=1S/C15H13N5O3S/c1-10-12(5-7-23-10)14-18-19-15(24-9-13(21)22)20(14)17-8-11-4-2-3-6-16-11/h2-8H,9H2,1H3,(H,21,22)/b17-8-. The first-order chi connectivity index (χ1) is 11.6. The van der Waals surface area contributed by atoms with Gasteiger partial charge < -0.3 is 9.52 Å². The van der Waals surface area contributed by atoms with Crippen LogP contribution in [0.25, 0.3) is 11.4 Å². The number of carbonyl (C=O) groups is 1. The van der Waals surface area contributed by atoms with Gasteiger partial charge in [-0.1, -0.05) is 17.8 Å². The van der Waals surface area contributed by atoms with Gasteiger partial charge in [-0.05, 0) is 25.1 Å². The summed E-state index contributed by atoms with van der Waals surface area (Å²) in [5, 5.41) is 21.8. The molecule has 0 aliphatic rings. The van der Waals surface area contributed by atoms with E-state index in [1.54, 1.807) is 37.7 Å². The van der Waals surface area contributed by atoms with Gasteiger partial charge in [0.05, 0.1) is 29.5 Å². The number of rotatable bonds is 6. The maximum absolute atomic E-state index is 10.8. The van der Waals surface area contributed by atoms with Crippen LogP contribution in [-0.2, 0) is 4.79 Å². The highest BCUT2D eigenvalue weighted by atomic mass is 32.2. The Kier molecular flexibility index (Phi) is 4.71. The van der Waals surface area contributed by atoms with Gasteiger partial charge in [0, 0.05) is 6.20 Å². The summed E-state index contributed by atoms with van der Waals surface area (Å²) in [5.74, 6) is 0.0683. The van der Waals surface area contributed by atoms with Gasteiger partial charge in [0.15, 0.2) is 5.82 Å². The van der Waals surface area contributed by atoms with Crippen molar-refractivity contribution in [1.29, 1.82) is 0 Å². The van der Waals surface area contributed by atoms with E-state index in [0.29, 0.717) is 22.4 Å². The number of hydrogen-bond donors (Lipinski definition) is 1.